The minimum Gasteiger partial charge on any atom is -0.504 e. The number of rotatable bonds is 4. The molecule has 1 atom stereocenters. The van der Waals surface area contributed by atoms with Crippen LogP contribution in [0, 0.1) is 0 Å². The Morgan fingerprint density at radius 2 is 2.04 bits per heavy atom. The maximum absolute atomic E-state index is 13.4. The Kier molecular flexibility index (Phi) is 5.35. The van der Waals surface area contributed by atoms with Crippen molar-refractivity contribution in [2.45, 2.75) is 24.8 Å². The minimum atomic E-state index is -0.816. The predicted molar refractivity (Wildman–Crippen MR) is 104 cm³/mol. The fourth-order valence-corrected chi connectivity index (χ4v) is 3.90. The first-order chi connectivity index (χ1) is 12.5. The molecule has 0 aliphatic heterocycles. The molecule has 1 aliphatic rings. The van der Waals surface area contributed by atoms with Gasteiger partial charge in [0.1, 0.15) is 5.54 Å². The second-order valence-electron chi connectivity index (χ2n) is 6.42. The van der Waals surface area contributed by atoms with Crippen molar-refractivity contribution in [3.63, 3.8) is 0 Å². The molecule has 1 fully saturated rings. The van der Waals surface area contributed by atoms with Gasteiger partial charge in [0.25, 0.3) is 0 Å². The zero-order chi connectivity index (χ0) is 18.7. The molecule has 2 aromatic rings. The molecule has 2 N–H and O–H groups in total. The Morgan fingerprint density at radius 3 is 2.73 bits per heavy atom. The largest absolute Gasteiger partial charge is 0.504 e. The molecule has 0 radical (unpaired) electrons. The van der Waals surface area contributed by atoms with Crippen molar-refractivity contribution in [2.24, 2.45) is 0 Å². The lowest BCUT2D eigenvalue weighted by atomic mass is 9.73. The average molecular weight is 372 g/mol. The number of benzene rings is 2. The lowest BCUT2D eigenvalue weighted by molar-refractivity contribution is -0.123. The van der Waals surface area contributed by atoms with Gasteiger partial charge in [0, 0.05) is 5.02 Å². The van der Waals surface area contributed by atoms with E-state index in [0.29, 0.717) is 23.6 Å². The molecule has 1 unspecified atom stereocenters. The number of phenolic OH excluding ortho intramolecular Hbond substituents is 1. The molecule has 136 valence electrons. The first kappa shape index (κ1) is 18.5. The number of methoxy groups -OCH3 is 1. The number of nitrogens with one attached hydrogen (secondary N) is 1. The monoisotopic (exact) mass is 371 g/mol. The molecule has 26 heavy (non-hydrogen) atoms. The maximum atomic E-state index is 13.4. The third-order valence-corrected chi connectivity index (χ3v) is 5.31. The van der Waals surface area contributed by atoms with E-state index in [1.54, 1.807) is 25.2 Å². The van der Waals surface area contributed by atoms with Gasteiger partial charge in [-0.15, -0.1) is 0 Å². The van der Waals surface area contributed by atoms with Crippen LogP contribution < -0.4 is 10.1 Å². The Bertz CT molecular complexity index is 862. The van der Waals surface area contributed by atoms with Gasteiger partial charge in [-0.1, -0.05) is 35.9 Å². The van der Waals surface area contributed by atoms with E-state index in [4.69, 9.17) is 16.3 Å². The molecule has 5 heteroatoms. The van der Waals surface area contributed by atoms with Crippen LogP contribution in [0.3, 0.4) is 0 Å². The van der Waals surface area contributed by atoms with Crippen LogP contribution in [-0.4, -0.2) is 25.0 Å². The van der Waals surface area contributed by atoms with E-state index in [1.807, 2.05) is 30.3 Å². The highest BCUT2D eigenvalue weighted by Crippen LogP contribution is 2.40. The summed E-state index contributed by atoms with van der Waals surface area (Å²) >= 11 is 6.40. The summed E-state index contributed by atoms with van der Waals surface area (Å²) in [7, 11) is 3.30. The number of hydrogen-bond donors (Lipinski definition) is 2. The fraction of sp³-hybridized carbons (Fsp3) is 0.286. The number of halogens is 1. The summed E-state index contributed by atoms with van der Waals surface area (Å²) in [6.45, 7) is 0. The second-order valence-corrected chi connectivity index (χ2v) is 6.83. The summed E-state index contributed by atoms with van der Waals surface area (Å²) in [6.07, 6.45) is 4.14. The summed E-state index contributed by atoms with van der Waals surface area (Å²) < 4.78 is 5.15. The van der Waals surface area contributed by atoms with Gasteiger partial charge in [-0.2, -0.15) is 0 Å². The van der Waals surface area contributed by atoms with Crippen molar-refractivity contribution in [3.05, 3.63) is 64.2 Å². The molecule has 0 aromatic heterocycles. The molecule has 2 aromatic carbocycles. The highest BCUT2D eigenvalue weighted by atomic mass is 35.5. The lowest BCUT2D eigenvalue weighted by Crippen LogP contribution is -2.50. The highest BCUT2D eigenvalue weighted by molar-refractivity contribution is 6.32. The van der Waals surface area contributed by atoms with Crippen molar-refractivity contribution < 1.29 is 14.6 Å². The topological polar surface area (TPSA) is 58.6 Å². The molecule has 4 nitrogen and oxygen atoms in total. The summed E-state index contributed by atoms with van der Waals surface area (Å²) in [4.78, 5) is 13.4. The number of likely N-dealkylation sites (N-methyl/N-ethyl adjacent to an activating group) is 1. The number of hydrogen-bond acceptors (Lipinski definition) is 4. The van der Waals surface area contributed by atoms with E-state index in [1.165, 1.54) is 7.11 Å². The third-order valence-electron chi connectivity index (χ3n) is 4.98. The first-order valence-corrected chi connectivity index (χ1v) is 8.96. The summed E-state index contributed by atoms with van der Waals surface area (Å²) in [5, 5.41) is 13.6. The van der Waals surface area contributed by atoms with Gasteiger partial charge in [0.2, 0.25) is 0 Å². The van der Waals surface area contributed by atoms with Gasteiger partial charge in [0.05, 0.1) is 7.11 Å². The minimum absolute atomic E-state index is 0.0337. The summed E-state index contributed by atoms with van der Waals surface area (Å²) in [6, 6.07) is 12.5. The standard InChI is InChI=1S/C21H22ClNO3/c1-23-21(16-7-3-4-8-17(16)22)11-5-6-15(20(21)25)12-14-9-10-18(24)19(13-14)26-2/h3-4,7-10,12-13,23-24H,5-6,11H2,1-2H3/b15-12+. The van der Waals surface area contributed by atoms with Gasteiger partial charge in [-0.3, -0.25) is 4.79 Å². The van der Waals surface area contributed by atoms with Crippen LogP contribution in [0.1, 0.15) is 30.4 Å². The molecule has 0 heterocycles. The van der Waals surface area contributed by atoms with Crippen molar-refractivity contribution in [1.82, 2.24) is 5.32 Å². The zero-order valence-corrected chi connectivity index (χ0v) is 15.6. The van der Waals surface area contributed by atoms with Crippen LogP contribution >= 0.6 is 11.6 Å². The normalized spacial score (nSPS) is 21.8. The van der Waals surface area contributed by atoms with E-state index < -0.39 is 5.54 Å². The first-order valence-electron chi connectivity index (χ1n) is 8.58. The van der Waals surface area contributed by atoms with Crippen LogP contribution in [0.15, 0.2) is 48.0 Å². The number of aromatic hydroxyl groups is 1. The Morgan fingerprint density at radius 1 is 1.27 bits per heavy atom. The highest BCUT2D eigenvalue weighted by Gasteiger charge is 2.43. The van der Waals surface area contributed by atoms with Crippen LogP contribution in [0.4, 0.5) is 0 Å². The lowest BCUT2D eigenvalue weighted by Gasteiger charge is -2.37. The van der Waals surface area contributed by atoms with Gasteiger partial charge >= 0.3 is 0 Å². The fourth-order valence-electron chi connectivity index (χ4n) is 3.61. The third kappa shape index (κ3) is 3.22. The van der Waals surface area contributed by atoms with Gasteiger partial charge in [0.15, 0.2) is 17.3 Å². The molecule has 3 rings (SSSR count). The van der Waals surface area contributed by atoms with Gasteiger partial charge in [-0.25, -0.2) is 0 Å². The van der Waals surface area contributed by atoms with Gasteiger partial charge in [-0.05, 0) is 67.3 Å². The quantitative estimate of drug-likeness (QED) is 0.786. The van der Waals surface area contributed by atoms with E-state index >= 15 is 0 Å². The van der Waals surface area contributed by atoms with Crippen molar-refractivity contribution in [2.75, 3.05) is 14.2 Å². The SMILES string of the molecule is CNC1(c2ccccc2Cl)CCC/C(=C\c2ccc(O)c(OC)c2)C1=O. The molecular formula is C21H22ClNO3. The molecule has 0 spiro atoms. The van der Waals surface area contributed by atoms with E-state index in [0.717, 1.165) is 23.1 Å². The second kappa shape index (κ2) is 7.52. The average Bonchev–Trinajstić information content (AvgIpc) is 2.66. The molecule has 0 amide bonds. The Labute approximate surface area is 158 Å². The number of carbonyl (C=O) groups excluding carboxylic acids is 1. The number of ether oxygens (including phenoxy) is 1. The molecular weight excluding hydrogens is 350 g/mol. The summed E-state index contributed by atoms with van der Waals surface area (Å²) in [5.41, 5.74) is 1.54. The van der Waals surface area contributed by atoms with Gasteiger partial charge < -0.3 is 15.2 Å². The molecule has 1 aliphatic carbocycles. The van der Waals surface area contributed by atoms with E-state index in [2.05, 4.69) is 5.32 Å². The summed E-state index contributed by atoms with van der Waals surface area (Å²) in [5.74, 6) is 0.491. The van der Waals surface area contributed by atoms with E-state index in [-0.39, 0.29) is 11.5 Å². The van der Waals surface area contributed by atoms with Crippen LogP contribution in [0.25, 0.3) is 6.08 Å². The van der Waals surface area contributed by atoms with Crippen LogP contribution in [-0.2, 0) is 10.3 Å². The Hall–Kier alpha value is -2.30. The molecule has 0 bridgehead atoms. The maximum Gasteiger partial charge on any atom is 0.183 e. The van der Waals surface area contributed by atoms with E-state index in [9.17, 15) is 9.90 Å². The van der Waals surface area contributed by atoms with Crippen molar-refractivity contribution in [1.29, 1.82) is 0 Å². The number of Topliss-reactive ketones (excluding diaryl/α,β-unsaturated/α-hetero) is 1. The predicted octanol–water partition coefficient (Wildman–Crippen LogP) is 4.31. The van der Waals surface area contributed by atoms with Crippen LogP contribution in [0.2, 0.25) is 5.02 Å². The van der Waals surface area contributed by atoms with Crippen molar-refractivity contribution >= 4 is 23.5 Å². The smallest absolute Gasteiger partial charge is 0.183 e. The molecule has 1 saturated carbocycles. The Balaban J connectivity index is 2.03. The number of carbonyl (C=O) groups is 1. The zero-order valence-electron chi connectivity index (χ0n) is 14.9. The van der Waals surface area contributed by atoms with Crippen molar-refractivity contribution in [3.8, 4) is 11.5 Å². The number of ketones is 1. The van der Waals surface area contributed by atoms with Crippen LogP contribution in [0.5, 0.6) is 11.5 Å². The number of phenols is 1. The molecule has 0 saturated heterocycles.